The maximum absolute atomic E-state index is 11.4. The van der Waals surface area contributed by atoms with Gasteiger partial charge in [-0.1, -0.05) is 13.8 Å². The maximum atomic E-state index is 11.4. The third-order valence-electron chi connectivity index (χ3n) is 2.84. The van der Waals surface area contributed by atoms with Crippen molar-refractivity contribution in [3.63, 3.8) is 0 Å². The van der Waals surface area contributed by atoms with E-state index in [0.29, 0.717) is 18.2 Å². The molecule has 0 radical (unpaired) electrons. The lowest BCUT2D eigenvalue weighted by molar-refractivity contribution is -0.118. The summed E-state index contributed by atoms with van der Waals surface area (Å²) in [5.41, 5.74) is 5.90. The topological polar surface area (TPSA) is 55.1 Å². The minimum atomic E-state index is 0.129. The second-order valence-corrected chi connectivity index (χ2v) is 6.15. The molecule has 4 heteroatoms. The van der Waals surface area contributed by atoms with Gasteiger partial charge in [-0.25, -0.2) is 0 Å². The Balaban J connectivity index is 1.93. The fraction of sp³-hybridized carbons (Fsp3) is 0.917. The van der Waals surface area contributed by atoms with E-state index in [1.54, 1.807) is 11.8 Å². The summed E-state index contributed by atoms with van der Waals surface area (Å²) in [6, 6.07) is 0.171. The van der Waals surface area contributed by atoms with E-state index in [1.165, 1.54) is 19.3 Å². The summed E-state index contributed by atoms with van der Waals surface area (Å²) < 4.78 is 0. The molecule has 0 spiro atoms. The van der Waals surface area contributed by atoms with Crippen LogP contribution in [0.15, 0.2) is 0 Å². The van der Waals surface area contributed by atoms with Gasteiger partial charge in [0.05, 0.1) is 5.75 Å². The van der Waals surface area contributed by atoms with E-state index < -0.39 is 0 Å². The highest BCUT2D eigenvalue weighted by Gasteiger charge is 2.28. The van der Waals surface area contributed by atoms with Crippen LogP contribution in [0, 0.1) is 11.8 Å². The lowest BCUT2D eigenvalue weighted by atomic mass is 10.2. The summed E-state index contributed by atoms with van der Waals surface area (Å²) in [5, 5.41) is 2.91. The van der Waals surface area contributed by atoms with Crippen LogP contribution in [0.1, 0.15) is 33.1 Å². The Hall–Kier alpha value is -0.220. The van der Waals surface area contributed by atoms with Gasteiger partial charge in [-0.3, -0.25) is 4.79 Å². The first-order valence-corrected chi connectivity index (χ1v) is 7.35. The van der Waals surface area contributed by atoms with E-state index in [0.717, 1.165) is 11.7 Å². The highest BCUT2D eigenvalue weighted by atomic mass is 32.2. The molecule has 0 bridgehead atoms. The van der Waals surface area contributed by atoms with Gasteiger partial charge in [0.25, 0.3) is 0 Å². The molecule has 3 N–H and O–H groups in total. The number of nitrogens with one attached hydrogen (secondary N) is 1. The Kier molecular flexibility index (Phi) is 6.21. The summed E-state index contributed by atoms with van der Waals surface area (Å²) >= 11 is 1.71. The fourth-order valence-electron chi connectivity index (χ4n) is 1.46. The van der Waals surface area contributed by atoms with Crippen LogP contribution >= 0.6 is 11.8 Å². The molecule has 0 aromatic heterocycles. The first kappa shape index (κ1) is 13.8. The number of hydrogen-bond donors (Lipinski definition) is 2. The standard InChI is InChI=1S/C12H24N2OS/c1-9(2)5-6-16-8-12(15)14-7-11(13)10-3-4-10/h9-11H,3-8,13H2,1-2H3,(H,14,15). The normalized spacial score (nSPS) is 17.5. The van der Waals surface area contributed by atoms with Crippen LogP contribution in [0.25, 0.3) is 0 Å². The second kappa shape index (κ2) is 7.17. The van der Waals surface area contributed by atoms with Gasteiger partial charge in [0, 0.05) is 12.6 Å². The smallest absolute Gasteiger partial charge is 0.230 e. The van der Waals surface area contributed by atoms with Crippen LogP contribution in [-0.4, -0.2) is 30.0 Å². The molecule has 1 rings (SSSR count). The Morgan fingerprint density at radius 3 is 2.75 bits per heavy atom. The molecule has 94 valence electrons. The molecule has 1 aliphatic carbocycles. The van der Waals surface area contributed by atoms with E-state index in [1.807, 2.05) is 0 Å². The number of rotatable bonds is 8. The van der Waals surface area contributed by atoms with Gasteiger partial charge in [0.15, 0.2) is 0 Å². The van der Waals surface area contributed by atoms with Gasteiger partial charge >= 0.3 is 0 Å². The summed E-state index contributed by atoms with van der Waals surface area (Å²) in [6.07, 6.45) is 3.65. The van der Waals surface area contributed by atoms with Crippen molar-refractivity contribution >= 4 is 17.7 Å². The molecule has 0 aromatic rings. The predicted molar refractivity (Wildman–Crippen MR) is 70.5 cm³/mol. The summed E-state index contributed by atoms with van der Waals surface area (Å²) in [5.74, 6) is 3.15. The number of carbonyl (C=O) groups is 1. The van der Waals surface area contributed by atoms with Gasteiger partial charge in [-0.15, -0.1) is 0 Å². The van der Waals surface area contributed by atoms with E-state index in [-0.39, 0.29) is 11.9 Å². The SMILES string of the molecule is CC(C)CCSCC(=O)NCC(N)C1CC1. The second-order valence-electron chi connectivity index (χ2n) is 5.04. The van der Waals surface area contributed by atoms with Crippen molar-refractivity contribution in [1.82, 2.24) is 5.32 Å². The summed E-state index contributed by atoms with van der Waals surface area (Å²) in [7, 11) is 0. The molecule has 3 nitrogen and oxygen atoms in total. The van der Waals surface area contributed by atoms with Crippen molar-refractivity contribution in [1.29, 1.82) is 0 Å². The van der Waals surface area contributed by atoms with E-state index in [9.17, 15) is 4.79 Å². The van der Waals surface area contributed by atoms with Crippen LogP contribution in [0.5, 0.6) is 0 Å². The van der Waals surface area contributed by atoms with Crippen molar-refractivity contribution in [2.24, 2.45) is 17.6 Å². The molecule has 1 fully saturated rings. The van der Waals surface area contributed by atoms with Gasteiger partial charge in [0.1, 0.15) is 0 Å². The minimum absolute atomic E-state index is 0.129. The van der Waals surface area contributed by atoms with Crippen molar-refractivity contribution in [3.8, 4) is 0 Å². The number of thioether (sulfide) groups is 1. The lowest BCUT2D eigenvalue weighted by Gasteiger charge is -2.11. The molecule has 1 unspecified atom stereocenters. The molecule has 0 heterocycles. The molecule has 1 atom stereocenters. The Morgan fingerprint density at radius 2 is 2.19 bits per heavy atom. The largest absolute Gasteiger partial charge is 0.354 e. The third-order valence-corrected chi connectivity index (χ3v) is 3.83. The zero-order valence-corrected chi connectivity index (χ0v) is 11.2. The van der Waals surface area contributed by atoms with Crippen molar-refractivity contribution in [2.75, 3.05) is 18.1 Å². The molecule has 0 aliphatic heterocycles. The molecular formula is C12H24N2OS. The molecule has 1 aliphatic rings. The van der Waals surface area contributed by atoms with Crippen LogP contribution in [0.4, 0.5) is 0 Å². The fourth-order valence-corrected chi connectivity index (χ4v) is 2.53. The number of hydrogen-bond acceptors (Lipinski definition) is 3. The maximum Gasteiger partial charge on any atom is 0.230 e. The quantitative estimate of drug-likeness (QED) is 0.638. The first-order valence-electron chi connectivity index (χ1n) is 6.19. The van der Waals surface area contributed by atoms with Gasteiger partial charge < -0.3 is 11.1 Å². The van der Waals surface area contributed by atoms with E-state index >= 15 is 0 Å². The van der Waals surface area contributed by atoms with Gasteiger partial charge in [-0.05, 0) is 36.9 Å². The molecule has 16 heavy (non-hydrogen) atoms. The Labute approximate surface area is 103 Å². The summed E-state index contributed by atoms with van der Waals surface area (Å²) in [6.45, 7) is 5.05. The first-order chi connectivity index (χ1) is 7.59. The Morgan fingerprint density at radius 1 is 1.50 bits per heavy atom. The third kappa shape index (κ3) is 6.38. The monoisotopic (exact) mass is 244 g/mol. The van der Waals surface area contributed by atoms with Crippen molar-refractivity contribution in [3.05, 3.63) is 0 Å². The highest BCUT2D eigenvalue weighted by molar-refractivity contribution is 7.99. The molecule has 0 aromatic carbocycles. The molecular weight excluding hydrogens is 220 g/mol. The average molecular weight is 244 g/mol. The van der Waals surface area contributed by atoms with Crippen LogP contribution in [-0.2, 0) is 4.79 Å². The van der Waals surface area contributed by atoms with Crippen LogP contribution in [0.3, 0.4) is 0 Å². The lowest BCUT2D eigenvalue weighted by Crippen LogP contribution is -2.39. The van der Waals surface area contributed by atoms with Gasteiger partial charge in [0.2, 0.25) is 5.91 Å². The zero-order valence-electron chi connectivity index (χ0n) is 10.4. The van der Waals surface area contributed by atoms with Crippen LogP contribution in [0.2, 0.25) is 0 Å². The average Bonchev–Trinajstić information content (AvgIpc) is 3.04. The number of amides is 1. The minimum Gasteiger partial charge on any atom is -0.354 e. The Bertz CT molecular complexity index is 217. The number of carbonyl (C=O) groups excluding carboxylic acids is 1. The van der Waals surface area contributed by atoms with E-state index in [4.69, 9.17) is 5.73 Å². The van der Waals surface area contributed by atoms with Crippen LogP contribution < -0.4 is 11.1 Å². The van der Waals surface area contributed by atoms with Crippen molar-refractivity contribution < 1.29 is 4.79 Å². The molecule has 0 saturated heterocycles. The summed E-state index contributed by atoms with van der Waals surface area (Å²) in [4.78, 5) is 11.4. The van der Waals surface area contributed by atoms with Gasteiger partial charge in [-0.2, -0.15) is 11.8 Å². The zero-order chi connectivity index (χ0) is 12.0. The molecule has 1 amide bonds. The van der Waals surface area contributed by atoms with E-state index in [2.05, 4.69) is 19.2 Å². The highest BCUT2D eigenvalue weighted by Crippen LogP contribution is 2.31. The number of nitrogens with two attached hydrogens (primary N) is 1. The van der Waals surface area contributed by atoms with Crippen molar-refractivity contribution in [2.45, 2.75) is 39.2 Å². The predicted octanol–water partition coefficient (Wildman–Crippen LogP) is 1.62. The molecule has 1 saturated carbocycles.